The molecule has 0 saturated heterocycles. The van der Waals surface area contributed by atoms with Crippen molar-refractivity contribution >= 4 is 71.8 Å². The van der Waals surface area contributed by atoms with Gasteiger partial charge in [0.1, 0.15) is 10.5 Å². The molecule has 0 amide bonds. The smallest absolute Gasteiger partial charge is 0.548 e. The number of hydrogen-bond donors (Lipinski definition) is 2. The summed E-state index contributed by atoms with van der Waals surface area (Å²) >= 11 is 6.97. The summed E-state index contributed by atoms with van der Waals surface area (Å²) in [7, 11) is 0. The van der Waals surface area contributed by atoms with Gasteiger partial charge in [0.2, 0.25) is 0 Å². The summed E-state index contributed by atoms with van der Waals surface area (Å²) in [5.41, 5.74) is 0.341. The second-order valence-corrected chi connectivity index (χ2v) is 4.77. The van der Waals surface area contributed by atoms with E-state index in [2.05, 4.69) is 38.4 Å². The minimum absolute atomic E-state index is 0. The fourth-order valence-electron chi connectivity index (χ4n) is 0.681. The van der Waals surface area contributed by atoms with Crippen LogP contribution in [0.1, 0.15) is 13.8 Å². The van der Waals surface area contributed by atoms with E-state index in [1.165, 1.54) is 13.8 Å². The molecule has 0 heterocycles. The maximum atomic E-state index is 10.7. The number of ketones is 2. The molecule has 0 N–H and O–H groups in total. The minimum atomic E-state index is -1.49. The Hall–Kier alpha value is -0.774. The number of thiol groups is 2. The molecule has 2 unspecified atom stereocenters. The summed E-state index contributed by atoms with van der Waals surface area (Å²) in [6.07, 6.45) is 0. The van der Waals surface area contributed by atoms with Crippen LogP contribution in [0.3, 0.4) is 0 Å². The van der Waals surface area contributed by atoms with Crippen LogP contribution < -0.4 is 10.2 Å². The van der Waals surface area contributed by atoms with Crippen molar-refractivity contribution in [2.45, 2.75) is 24.3 Å². The van der Waals surface area contributed by atoms with Crippen LogP contribution in [-0.4, -0.2) is 57.1 Å². The van der Waals surface area contributed by atoms with Crippen molar-refractivity contribution in [2.75, 3.05) is 0 Å². The molecule has 0 radical (unpaired) electrons. The molecule has 0 spiro atoms. The van der Waals surface area contributed by atoms with Crippen LogP contribution in [-0.2, 0) is 19.2 Å². The summed E-state index contributed by atoms with van der Waals surface area (Å²) < 4.78 is 0. The Morgan fingerprint density at radius 3 is 1.05 bits per heavy atom. The Balaban J connectivity index is -0.000000295. The minimum Gasteiger partial charge on any atom is -0.548 e. The number of hydrogen-bond acceptors (Lipinski definition) is 8. The Morgan fingerprint density at radius 1 is 0.810 bits per heavy atom. The van der Waals surface area contributed by atoms with E-state index in [4.69, 9.17) is 0 Å². The van der Waals surface area contributed by atoms with Gasteiger partial charge in [-0.15, -0.1) is 0 Å². The quantitative estimate of drug-likeness (QED) is 0.249. The molecule has 0 fully saturated rings. The topological polar surface area (TPSA) is 114 Å². The summed E-state index contributed by atoms with van der Waals surface area (Å²) in [6.45, 7) is 9.39. The summed E-state index contributed by atoms with van der Waals surface area (Å²) in [5, 5.41) is 17.2. The van der Waals surface area contributed by atoms with Crippen molar-refractivity contribution in [3.05, 3.63) is 24.3 Å². The third-order valence-electron chi connectivity index (χ3n) is 1.78. The van der Waals surface area contributed by atoms with Gasteiger partial charge in [-0.2, -0.15) is 25.3 Å². The van der Waals surface area contributed by atoms with Gasteiger partial charge in [-0.05, 0) is 25.0 Å². The van der Waals surface area contributed by atoms with Gasteiger partial charge >= 0.3 is 23.1 Å². The number of carbonyl (C=O) groups is 4. The molecular weight excluding hydrogens is 329 g/mol. The van der Waals surface area contributed by atoms with Crippen LogP contribution in [0.5, 0.6) is 0 Å². The van der Waals surface area contributed by atoms with Gasteiger partial charge in [-0.1, -0.05) is 13.2 Å². The normalized spacial score (nSPS) is 11.6. The van der Waals surface area contributed by atoms with Crippen LogP contribution in [0.4, 0.5) is 0 Å². The molecule has 0 aliphatic heterocycles. The van der Waals surface area contributed by atoms with Gasteiger partial charge in [-0.25, -0.2) is 0 Å². The summed E-state index contributed by atoms with van der Waals surface area (Å²) in [4.78, 5) is 41.4. The third-order valence-corrected chi connectivity index (χ3v) is 2.68. The predicted octanol–water partition coefficient (Wildman–Crippen LogP) is -2.02. The predicted molar refractivity (Wildman–Crippen MR) is 81.0 cm³/mol. The molecule has 6 nitrogen and oxygen atoms in total. The van der Waals surface area contributed by atoms with Crippen LogP contribution in [0, 0.1) is 0 Å². The van der Waals surface area contributed by atoms with E-state index in [9.17, 15) is 29.4 Å². The van der Waals surface area contributed by atoms with Crippen molar-refractivity contribution in [3.8, 4) is 0 Å². The molecule has 0 rings (SSSR count). The Kier molecular flexibility index (Phi) is 14.2. The molecule has 112 valence electrons. The first-order chi connectivity index (χ1) is 8.93. The average Bonchev–Trinajstić information content (AvgIpc) is 2.35. The van der Waals surface area contributed by atoms with E-state index in [1.807, 2.05) is 0 Å². The zero-order valence-electron chi connectivity index (χ0n) is 11.6. The number of carboxylic acids is 2. The first-order valence-electron chi connectivity index (χ1n) is 5.10. The first-order valence-corrected chi connectivity index (χ1v) is 6.14. The second kappa shape index (κ2) is 11.8. The Labute approximate surface area is 149 Å². The largest absolute Gasteiger partial charge is 2.00 e. The van der Waals surface area contributed by atoms with Crippen molar-refractivity contribution in [2.24, 2.45) is 0 Å². The van der Waals surface area contributed by atoms with Crippen molar-refractivity contribution in [3.63, 3.8) is 0 Å². The SMILES string of the molecule is C=C(C)C(=O)C(S)C(=O)[O-].C=C(C)C(=O)C(S)C(=O)[O-].[Mg+2]. The van der Waals surface area contributed by atoms with Gasteiger partial charge in [-0.3, -0.25) is 9.59 Å². The Bertz CT molecular complexity index is 419. The monoisotopic (exact) mass is 342 g/mol. The van der Waals surface area contributed by atoms with Crippen molar-refractivity contribution in [1.82, 2.24) is 0 Å². The van der Waals surface area contributed by atoms with Crippen LogP contribution in [0.25, 0.3) is 0 Å². The van der Waals surface area contributed by atoms with E-state index in [-0.39, 0.29) is 34.2 Å². The number of Topliss-reactive ketones (excluding diaryl/α,β-unsaturated/α-hetero) is 2. The van der Waals surface area contributed by atoms with Gasteiger partial charge in [0.15, 0.2) is 11.6 Å². The van der Waals surface area contributed by atoms with Gasteiger partial charge in [0, 0.05) is 0 Å². The number of carbonyl (C=O) groups excluding carboxylic acids is 4. The molecule has 21 heavy (non-hydrogen) atoms. The summed E-state index contributed by atoms with van der Waals surface area (Å²) in [6, 6.07) is 0. The summed E-state index contributed by atoms with van der Waals surface area (Å²) in [5.74, 6) is -4.20. The van der Waals surface area contributed by atoms with E-state index in [0.29, 0.717) is 0 Å². The molecule has 0 aromatic rings. The second-order valence-electron chi connectivity index (χ2n) is 3.73. The zero-order valence-corrected chi connectivity index (χ0v) is 14.8. The number of aliphatic carboxylic acids is 2. The van der Waals surface area contributed by atoms with E-state index in [1.54, 1.807) is 0 Å². The van der Waals surface area contributed by atoms with Gasteiger partial charge in [0.25, 0.3) is 0 Å². The molecular formula is C12H14MgO6S2. The number of carboxylic acid groups (broad SMARTS) is 2. The molecule has 0 aromatic carbocycles. The van der Waals surface area contributed by atoms with Gasteiger partial charge in [0.05, 0.1) is 11.9 Å². The van der Waals surface area contributed by atoms with Crippen LogP contribution in [0.2, 0.25) is 0 Å². The van der Waals surface area contributed by atoms with Gasteiger partial charge < -0.3 is 19.8 Å². The maximum absolute atomic E-state index is 10.7. The van der Waals surface area contributed by atoms with E-state index < -0.39 is 34.0 Å². The molecule has 0 aliphatic carbocycles. The number of allylic oxidation sites excluding steroid dienone is 2. The first kappa shape index (κ1) is 25.2. The molecule has 0 aromatic heterocycles. The average molecular weight is 343 g/mol. The van der Waals surface area contributed by atoms with Crippen LogP contribution >= 0.6 is 25.3 Å². The van der Waals surface area contributed by atoms with Crippen molar-refractivity contribution in [1.29, 1.82) is 0 Å². The fraction of sp³-hybridized carbons (Fsp3) is 0.333. The van der Waals surface area contributed by atoms with E-state index in [0.717, 1.165) is 0 Å². The van der Waals surface area contributed by atoms with E-state index >= 15 is 0 Å². The molecule has 0 saturated carbocycles. The third kappa shape index (κ3) is 10.6. The van der Waals surface area contributed by atoms with Crippen molar-refractivity contribution < 1.29 is 29.4 Å². The molecule has 0 bridgehead atoms. The van der Waals surface area contributed by atoms with Crippen LogP contribution in [0.15, 0.2) is 24.3 Å². The molecule has 9 heteroatoms. The number of rotatable bonds is 6. The fourth-order valence-corrected chi connectivity index (χ4v) is 1.12. The maximum Gasteiger partial charge on any atom is 2.00 e. The molecule has 2 atom stereocenters. The molecule has 0 aliphatic rings. The standard InChI is InChI=1S/2C6H8O3S.Mg/c2*1-3(2)4(7)5(10)6(8)9;/h2*5,10H,1H2,2H3,(H,8,9);/q;;+2/p-2. The Morgan fingerprint density at radius 2 is 1.00 bits per heavy atom. The zero-order chi connectivity index (χ0) is 16.6.